The molecule has 140 valence electrons. The summed E-state index contributed by atoms with van der Waals surface area (Å²) in [5.74, 6) is -2.89. The molecule has 1 aliphatic heterocycles. The average molecular weight is 382 g/mol. The molecule has 1 heterocycles. The smallest absolute Gasteiger partial charge is 0.414 e. The molecule has 26 heavy (non-hydrogen) atoms. The van der Waals surface area contributed by atoms with Crippen LogP contribution in [0.2, 0.25) is 5.02 Å². The van der Waals surface area contributed by atoms with Gasteiger partial charge in [-0.15, -0.1) is 0 Å². The van der Waals surface area contributed by atoms with Crippen molar-refractivity contribution in [2.45, 2.75) is 0 Å². The van der Waals surface area contributed by atoms with Crippen LogP contribution in [0, 0.1) is 0 Å². The molecule has 0 atom stereocenters. The topological polar surface area (TPSA) is 96.3 Å². The maximum Gasteiger partial charge on any atom is 0.414 e. The van der Waals surface area contributed by atoms with Gasteiger partial charge in [-0.2, -0.15) is 0 Å². The molecule has 0 amide bonds. The predicted octanol–water partition coefficient (Wildman–Crippen LogP) is 2.36. The summed E-state index contributed by atoms with van der Waals surface area (Å²) in [6.07, 6.45) is 0. The molecular formula is C18H20ClNO6. The van der Waals surface area contributed by atoms with Crippen molar-refractivity contribution in [2.24, 2.45) is 0 Å². The van der Waals surface area contributed by atoms with E-state index in [1.807, 2.05) is 30.3 Å². The third kappa shape index (κ3) is 5.87. The van der Waals surface area contributed by atoms with E-state index < -0.39 is 11.9 Å². The lowest BCUT2D eigenvalue weighted by Gasteiger charge is -2.26. The molecule has 7 nitrogen and oxygen atoms in total. The molecule has 3 rings (SSSR count). The van der Waals surface area contributed by atoms with Gasteiger partial charge in [-0.3, -0.25) is 4.90 Å². The van der Waals surface area contributed by atoms with Crippen LogP contribution < -0.4 is 4.74 Å². The van der Waals surface area contributed by atoms with Gasteiger partial charge < -0.3 is 19.7 Å². The van der Waals surface area contributed by atoms with Crippen molar-refractivity contribution >= 4 is 34.3 Å². The van der Waals surface area contributed by atoms with Crippen molar-refractivity contribution < 1.29 is 29.3 Å². The number of ether oxygens (including phenoxy) is 2. The zero-order valence-corrected chi connectivity index (χ0v) is 14.8. The van der Waals surface area contributed by atoms with Crippen molar-refractivity contribution in [3.05, 3.63) is 41.4 Å². The van der Waals surface area contributed by atoms with Crippen LogP contribution >= 0.6 is 11.6 Å². The van der Waals surface area contributed by atoms with E-state index in [2.05, 4.69) is 11.0 Å². The molecule has 0 bridgehead atoms. The number of carboxylic acid groups (broad SMARTS) is 2. The molecule has 2 N–H and O–H groups in total. The fraction of sp³-hybridized carbons (Fsp3) is 0.333. The zero-order valence-electron chi connectivity index (χ0n) is 14.1. The van der Waals surface area contributed by atoms with E-state index >= 15 is 0 Å². The lowest BCUT2D eigenvalue weighted by atomic mass is 10.1. The average Bonchev–Trinajstić information content (AvgIpc) is 2.65. The first-order valence-electron chi connectivity index (χ1n) is 8.05. The molecule has 1 aliphatic rings. The summed E-state index contributed by atoms with van der Waals surface area (Å²) in [5, 5.41) is 17.7. The Balaban J connectivity index is 0.000000352. The molecule has 0 unspecified atom stereocenters. The third-order valence-electron chi connectivity index (χ3n) is 3.78. The highest BCUT2D eigenvalue weighted by Crippen LogP contribution is 2.32. The second kappa shape index (κ2) is 9.96. The minimum atomic E-state index is -1.82. The Morgan fingerprint density at radius 2 is 1.73 bits per heavy atom. The highest BCUT2D eigenvalue weighted by Gasteiger charge is 2.11. The fourth-order valence-corrected chi connectivity index (χ4v) is 2.72. The molecule has 1 saturated heterocycles. The van der Waals surface area contributed by atoms with E-state index in [9.17, 15) is 0 Å². The quantitative estimate of drug-likeness (QED) is 0.785. The van der Waals surface area contributed by atoms with Crippen LogP contribution in [-0.4, -0.2) is 66.5 Å². The molecule has 2 aromatic carbocycles. The van der Waals surface area contributed by atoms with Crippen LogP contribution in [0.25, 0.3) is 10.8 Å². The summed E-state index contributed by atoms with van der Waals surface area (Å²) >= 11 is 6.40. The first-order chi connectivity index (χ1) is 12.5. The summed E-state index contributed by atoms with van der Waals surface area (Å²) in [5.41, 5.74) is 0. The van der Waals surface area contributed by atoms with Gasteiger partial charge in [0.25, 0.3) is 0 Å². The van der Waals surface area contributed by atoms with Gasteiger partial charge in [0, 0.05) is 25.0 Å². The molecule has 0 spiro atoms. The van der Waals surface area contributed by atoms with Crippen LogP contribution in [0.3, 0.4) is 0 Å². The Hall–Kier alpha value is -2.35. The van der Waals surface area contributed by atoms with Crippen LogP contribution in [0.5, 0.6) is 5.75 Å². The minimum absolute atomic E-state index is 0.651. The van der Waals surface area contributed by atoms with E-state index in [4.69, 9.17) is 40.9 Å². The molecular weight excluding hydrogens is 362 g/mol. The fourth-order valence-electron chi connectivity index (χ4n) is 2.43. The first-order valence-corrected chi connectivity index (χ1v) is 8.43. The molecule has 0 saturated carbocycles. The highest BCUT2D eigenvalue weighted by molar-refractivity contribution is 6.37. The predicted molar refractivity (Wildman–Crippen MR) is 97.0 cm³/mol. The van der Waals surface area contributed by atoms with Crippen LogP contribution in [-0.2, 0) is 14.3 Å². The Labute approximate surface area is 155 Å². The van der Waals surface area contributed by atoms with Crippen LogP contribution in [0.1, 0.15) is 0 Å². The summed E-state index contributed by atoms with van der Waals surface area (Å²) in [6, 6.07) is 12.1. The second-order valence-corrected chi connectivity index (χ2v) is 5.89. The monoisotopic (exact) mass is 381 g/mol. The molecule has 0 aliphatic carbocycles. The van der Waals surface area contributed by atoms with Crippen LogP contribution in [0.15, 0.2) is 36.4 Å². The number of rotatable bonds is 4. The Kier molecular flexibility index (Phi) is 7.65. The maximum absolute atomic E-state index is 9.10. The number of aliphatic carboxylic acids is 2. The largest absolute Gasteiger partial charge is 0.491 e. The van der Waals surface area contributed by atoms with Gasteiger partial charge in [-0.05, 0) is 11.5 Å². The lowest BCUT2D eigenvalue weighted by Crippen LogP contribution is -2.38. The van der Waals surface area contributed by atoms with Crippen molar-refractivity contribution in [1.82, 2.24) is 4.90 Å². The van der Waals surface area contributed by atoms with Crippen molar-refractivity contribution in [3.63, 3.8) is 0 Å². The van der Waals surface area contributed by atoms with Gasteiger partial charge in [-0.25, -0.2) is 9.59 Å². The standard InChI is InChI=1S/C16H18ClNO2.C2H2O4/c17-16-14-4-2-1-3-13(14)5-6-15(16)20-12-9-18-7-10-19-11-8-18;3-1(4)2(5)6/h1-6H,7-12H2;(H,3,4)(H,5,6). The second-order valence-electron chi connectivity index (χ2n) is 5.51. The Bertz CT molecular complexity index is 748. The van der Waals surface area contributed by atoms with E-state index in [0.29, 0.717) is 11.6 Å². The normalized spacial score (nSPS) is 14.3. The summed E-state index contributed by atoms with van der Waals surface area (Å²) in [7, 11) is 0. The summed E-state index contributed by atoms with van der Waals surface area (Å²) < 4.78 is 11.2. The van der Waals surface area contributed by atoms with Gasteiger partial charge in [-0.1, -0.05) is 41.9 Å². The minimum Gasteiger partial charge on any atom is -0.491 e. The SMILES string of the molecule is Clc1c(OCCN2CCOCC2)ccc2ccccc12.O=C(O)C(=O)O. The number of fused-ring (bicyclic) bond motifs is 1. The van der Waals surface area contributed by atoms with Crippen molar-refractivity contribution in [3.8, 4) is 5.75 Å². The molecule has 8 heteroatoms. The molecule has 0 aromatic heterocycles. The number of carbonyl (C=O) groups is 2. The Morgan fingerprint density at radius 3 is 2.38 bits per heavy atom. The number of benzene rings is 2. The van der Waals surface area contributed by atoms with Gasteiger partial charge >= 0.3 is 11.9 Å². The molecule has 2 aromatic rings. The number of nitrogens with zero attached hydrogens (tertiary/aromatic N) is 1. The lowest BCUT2D eigenvalue weighted by molar-refractivity contribution is -0.159. The number of carboxylic acids is 2. The van der Waals surface area contributed by atoms with Gasteiger partial charge in [0.1, 0.15) is 12.4 Å². The summed E-state index contributed by atoms with van der Waals surface area (Å²) in [6.45, 7) is 5.15. The number of halogens is 1. The van der Waals surface area contributed by atoms with Gasteiger partial charge in [0.15, 0.2) is 0 Å². The van der Waals surface area contributed by atoms with Gasteiger partial charge in [0.05, 0.1) is 18.2 Å². The molecule has 0 radical (unpaired) electrons. The highest BCUT2D eigenvalue weighted by atomic mass is 35.5. The third-order valence-corrected chi connectivity index (χ3v) is 4.17. The maximum atomic E-state index is 9.10. The van der Waals surface area contributed by atoms with E-state index in [-0.39, 0.29) is 0 Å². The van der Waals surface area contributed by atoms with Gasteiger partial charge in [0.2, 0.25) is 0 Å². The number of morpholine rings is 1. The number of hydrogen-bond donors (Lipinski definition) is 2. The molecule has 1 fully saturated rings. The zero-order chi connectivity index (χ0) is 18.9. The van der Waals surface area contributed by atoms with E-state index in [1.54, 1.807) is 0 Å². The van der Waals surface area contributed by atoms with Crippen LogP contribution in [0.4, 0.5) is 0 Å². The van der Waals surface area contributed by atoms with Crippen molar-refractivity contribution in [1.29, 1.82) is 0 Å². The first kappa shape index (κ1) is 20.0. The van der Waals surface area contributed by atoms with E-state index in [1.165, 1.54) is 0 Å². The Morgan fingerprint density at radius 1 is 1.08 bits per heavy atom. The van der Waals surface area contributed by atoms with E-state index in [0.717, 1.165) is 49.4 Å². The summed E-state index contributed by atoms with van der Waals surface area (Å²) in [4.78, 5) is 20.5. The number of hydrogen-bond acceptors (Lipinski definition) is 5. The van der Waals surface area contributed by atoms with Crippen molar-refractivity contribution in [2.75, 3.05) is 39.5 Å².